The fourth-order valence-corrected chi connectivity index (χ4v) is 0.975. The highest BCUT2D eigenvalue weighted by Crippen LogP contribution is 2.23. The first-order valence-electron chi connectivity index (χ1n) is 3.48. The molecule has 4 heteroatoms. The van der Waals surface area contributed by atoms with E-state index < -0.39 is 0 Å². The van der Waals surface area contributed by atoms with Gasteiger partial charge in [-0.25, -0.2) is 0 Å². The molecule has 0 spiro atoms. The Morgan fingerprint density at radius 3 is 3.00 bits per heavy atom. The maximum Gasteiger partial charge on any atom is 0.241 e. The molecular formula is C7H8N2O2. The van der Waals surface area contributed by atoms with Gasteiger partial charge in [-0.05, 0) is 0 Å². The average Bonchev–Trinajstić information content (AvgIpc) is 2.41. The topological polar surface area (TPSA) is 52.1 Å². The van der Waals surface area contributed by atoms with Crippen LogP contribution >= 0.6 is 0 Å². The summed E-state index contributed by atoms with van der Waals surface area (Å²) >= 11 is 0. The van der Waals surface area contributed by atoms with Gasteiger partial charge in [0.1, 0.15) is 0 Å². The van der Waals surface area contributed by atoms with Gasteiger partial charge in [-0.1, -0.05) is 19.0 Å². The Morgan fingerprint density at radius 1 is 1.45 bits per heavy atom. The summed E-state index contributed by atoms with van der Waals surface area (Å²) in [4.78, 5) is 3.85. The van der Waals surface area contributed by atoms with Crippen LogP contribution in [0.2, 0.25) is 0 Å². The molecule has 2 rings (SSSR count). The minimum atomic E-state index is 0.285. The summed E-state index contributed by atoms with van der Waals surface area (Å²) in [5.41, 5.74) is 1.22. The monoisotopic (exact) mass is 152 g/mol. The third kappa shape index (κ3) is 0.824. The molecule has 0 aliphatic carbocycles. The number of nitrogens with zero attached hydrogens (tertiary/aromatic N) is 2. The first-order valence-corrected chi connectivity index (χ1v) is 3.48. The Hall–Kier alpha value is -1.32. The van der Waals surface area contributed by atoms with E-state index in [4.69, 9.17) is 8.94 Å². The fraction of sp³-hybridized carbons (Fsp3) is 0.429. The highest BCUT2D eigenvalue weighted by Gasteiger charge is 2.15. The van der Waals surface area contributed by atoms with Gasteiger partial charge in [0.15, 0.2) is 12.2 Å². The van der Waals surface area contributed by atoms with Crippen LogP contribution in [-0.2, 0) is 0 Å². The molecule has 58 valence electrons. The second-order valence-electron chi connectivity index (χ2n) is 2.71. The van der Waals surface area contributed by atoms with Crippen LogP contribution in [0.3, 0.4) is 0 Å². The minimum Gasteiger partial charge on any atom is -0.438 e. The summed E-state index contributed by atoms with van der Waals surface area (Å²) in [5, 5.41) is 3.72. The average molecular weight is 152 g/mol. The van der Waals surface area contributed by atoms with Gasteiger partial charge in [-0.2, -0.15) is 4.98 Å². The lowest BCUT2D eigenvalue weighted by Gasteiger charge is -1.93. The van der Waals surface area contributed by atoms with E-state index in [1.165, 1.54) is 6.39 Å². The van der Waals surface area contributed by atoms with Crippen LogP contribution in [0.15, 0.2) is 15.3 Å². The molecule has 4 nitrogen and oxygen atoms in total. The molecule has 0 bridgehead atoms. The first-order chi connectivity index (χ1) is 5.29. The van der Waals surface area contributed by atoms with Crippen molar-refractivity contribution in [2.45, 2.75) is 19.8 Å². The number of oxazole rings is 1. The molecule has 0 radical (unpaired) electrons. The molecule has 0 amide bonds. The standard InChI is InChI=1S/C7H8N2O2/c1-4(2)5-6-7(9-11-5)8-3-10-6/h3-4H,1-2H3. The molecule has 11 heavy (non-hydrogen) atoms. The molecule has 0 fully saturated rings. The lowest BCUT2D eigenvalue weighted by Crippen LogP contribution is -1.81. The zero-order valence-corrected chi connectivity index (χ0v) is 6.37. The van der Waals surface area contributed by atoms with Crippen molar-refractivity contribution in [1.29, 1.82) is 0 Å². The summed E-state index contributed by atoms with van der Waals surface area (Å²) in [5.74, 6) is 1.05. The fourth-order valence-electron chi connectivity index (χ4n) is 0.975. The number of hydrogen-bond donors (Lipinski definition) is 0. The van der Waals surface area contributed by atoms with Gasteiger partial charge in [0, 0.05) is 5.92 Å². The van der Waals surface area contributed by atoms with Crippen molar-refractivity contribution in [1.82, 2.24) is 10.1 Å². The first kappa shape index (κ1) is 6.39. The molecule has 0 atom stereocenters. The quantitative estimate of drug-likeness (QED) is 0.626. The van der Waals surface area contributed by atoms with E-state index in [1.807, 2.05) is 13.8 Å². The van der Waals surface area contributed by atoms with E-state index in [9.17, 15) is 0 Å². The maximum absolute atomic E-state index is 5.08. The normalized spacial score (nSPS) is 11.5. The molecule has 2 heterocycles. The van der Waals surface area contributed by atoms with Crippen molar-refractivity contribution in [3.05, 3.63) is 12.2 Å². The predicted octanol–water partition coefficient (Wildman–Crippen LogP) is 1.94. The van der Waals surface area contributed by atoms with E-state index in [2.05, 4.69) is 10.1 Å². The Balaban J connectivity index is 2.68. The van der Waals surface area contributed by atoms with Crippen LogP contribution in [0.4, 0.5) is 0 Å². The van der Waals surface area contributed by atoms with E-state index in [1.54, 1.807) is 0 Å². The van der Waals surface area contributed by atoms with E-state index >= 15 is 0 Å². The van der Waals surface area contributed by atoms with Gasteiger partial charge in [0.05, 0.1) is 0 Å². The van der Waals surface area contributed by atoms with Crippen molar-refractivity contribution >= 4 is 11.2 Å². The van der Waals surface area contributed by atoms with E-state index in [-0.39, 0.29) is 5.92 Å². The van der Waals surface area contributed by atoms with Crippen LogP contribution in [0, 0.1) is 0 Å². The SMILES string of the molecule is CC(C)c1onc2ncoc12. The molecule has 2 aromatic heterocycles. The van der Waals surface area contributed by atoms with Crippen LogP contribution in [0.1, 0.15) is 25.5 Å². The van der Waals surface area contributed by atoms with Crippen molar-refractivity contribution in [3.8, 4) is 0 Å². The largest absolute Gasteiger partial charge is 0.438 e. The second-order valence-corrected chi connectivity index (χ2v) is 2.71. The summed E-state index contributed by atoms with van der Waals surface area (Å²) in [7, 11) is 0. The van der Waals surface area contributed by atoms with Crippen molar-refractivity contribution in [3.63, 3.8) is 0 Å². The van der Waals surface area contributed by atoms with Gasteiger partial charge in [-0.15, -0.1) is 0 Å². The molecule has 0 saturated heterocycles. The van der Waals surface area contributed by atoms with Crippen LogP contribution < -0.4 is 0 Å². The van der Waals surface area contributed by atoms with Gasteiger partial charge in [0.25, 0.3) is 0 Å². The highest BCUT2D eigenvalue weighted by molar-refractivity contribution is 5.69. The number of aromatic nitrogens is 2. The van der Waals surface area contributed by atoms with Crippen LogP contribution in [0.25, 0.3) is 11.2 Å². The summed E-state index contributed by atoms with van der Waals surface area (Å²) in [6, 6.07) is 0. The Morgan fingerprint density at radius 2 is 2.27 bits per heavy atom. The van der Waals surface area contributed by atoms with E-state index in [0.29, 0.717) is 11.2 Å². The third-order valence-corrected chi connectivity index (χ3v) is 1.53. The predicted molar refractivity (Wildman–Crippen MR) is 38.2 cm³/mol. The van der Waals surface area contributed by atoms with E-state index in [0.717, 1.165) is 5.76 Å². The molecule has 0 N–H and O–H groups in total. The van der Waals surface area contributed by atoms with Crippen LogP contribution in [-0.4, -0.2) is 10.1 Å². The molecule has 0 aliphatic heterocycles. The third-order valence-electron chi connectivity index (χ3n) is 1.53. The highest BCUT2D eigenvalue weighted by atomic mass is 16.5. The lowest BCUT2D eigenvalue weighted by atomic mass is 10.1. The Kier molecular flexibility index (Phi) is 1.21. The van der Waals surface area contributed by atoms with Crippen molar-refractivity contribution < 1.29 is 8.94 Å². The van der Waals surface area contributed by atoms with Gasteiger partial charge in [-0.3, -0.25) is 0 Å². The van der Waals surface area contributed by atoms with Gasteiger partial charge in [0.2, 0.25) is 11.2 Å². The molecule has 0 aliphatic rings. The van der Waals surface area contributed by atoms with Crippen molar-refractivity contribution in [2.75, 3.05) is 0 Å². The molecular weight excluding hydrogens is 144 g/mol. The smallest absolute Gasteiger partial charge is 0.241 e. The summed E-state index contributed by atoms with van der Waals surface area (Å²) < 4.78 is 10.1. The maximum atomic E-state index is 5.08. The Bertz CT molecular complexity index is 361. The second kappa shape index (κ2) is 2.08. The zero-order valence-electron chi connectivity index (χ0n) is 6.37. The summed E-state index contributed by atoms with van der Waals surface area (Å²) in [6.45, 7) is 4.03. The number of hydrogen-bond acceptors (Lipinski definition) is 4. The molecule has 0 aromatic carbocycles. The van der Waals surface area contributed by atoms with Crippen molar-refractivity contribution in [2.24, 2.45) is 0 Å². The lowest BCUT2D eigenvalue weighted by molar-refractivity contribution is 0.370. The zero-order chi connectivity index (χ0) is 7.84. The number of fused-ring (bicyclic) bond motifs is 1. The molecule has 0 saturated carbocycles. The summed E-state index contributed by atoms with van der Waals surface area (Å²) in [6.07, 6.45) is 1.37. The Labute approximate surface area is 63.2 Å². The molecule has 0 unspecified atom stereocenters. The molecule has 2 aromatic rings. The van der Waals surface area contributed by atoms with Gasteiger partial charge >= 0.3 is 0 Å². The number of rotatable bonds is 1. The van der Waals surface area contributed by atoms with Gasteiger partial charge < -0.3 is 8.94 Å². The van der Waals surface area contributed by atoms with Crippen LogP contribution in [0.5, 0.6) is 0 Å². The minimum absolute atomic E-state index is 0.285.